The Balaban J connectivity index is 1.93. The highest BCUT2D eigenvalue weighted by Crippen LogP contribution is 2.22. The van der Waals surface area contributed by atoms with Crippen LogP contribution in [0.15, 0.2) is 42.6 Å². The summed E-state index contributed by atoms with van der Waals surface area (Å²) in [6.07, 6.45) is 3.00. The number of pyridine rings is 1. The number of nitrogens with zero attached hydrogens (tertiary/aromatic N) is 1. The van der Waals surface area contributed by atoms with Crippen LogP contribution in [-0.4, -0.2) is 11.5 Å². The van der Waals surface area contributed by atoms with Crippen molar-refractivity contribution in [3.05, 3.63) is 53.7 Å². The average Bonchev–Trinajstić information content (AvgIpc) is 2.50. The smallest absolute Gasteiger partial charge is 0.219 e. The van der Waals surface area contributed by atoms with Gasteiger partial charge in [-0.3, -0.25) is 0 Å². The van der Waals surface area contributed by atoms with E-state index in [4.69, 9.17) is 4.74 Å². The third kappa shape index (κ3) is 4.87. The highest BCUT2D eigenvalue weighted by atomic mass is 16.5. The van der Waals surface area contributed by atoms with Crippen molar-refractivity contribution in [2.24, 2.45) is 0 Å². The van der Waals surface area contributed by atoms with E-state index in [1.807, 2.05) is 30.5 Å². The standard InChI is InChI=1S/C18H24N2O/c1-4-11-19-12-15-5-10-18(20-13-15)21-17-8-6-16(7-9-17)14(2)3/h5-10,13-14,19H,4,11-12H2,1-3H3. The van der Waals surface area contributed by atoms with E-state index in [2.05, 4.69) is 43.2 Å². The lowest BCUT2D eigenvalue weighted by molar-refractivity contribution is 0.462. The second-order valence-electron chi connectivity index (χ2n) is 5.51. The van der Waals surface area contributed by atoms with Gasteiger partial charge in [-0.15, -0.1) is 0 Å². The molecule has 0 atom stereocenters. The van der Waals surface area contributed by atoms with Gasteiger partial charge in [0.15, 0.2) is 0 Å². The molecule has 1 N–H and O–H groups in total. The zero-order valence-corrected chi connectivity index (χ0v) is 13.1. The molecule has 1 aromatic carbocycles. The van der Waals surface area contributed by atoms with E-state index < -0.39 is 0 Å². The first-order valence-corrected chi connectivity index (χ1v) is 7.62. The molecular formula is C18H24N2O. The Bertz CT molecular complexity index is 532. The molecule has 3 heteroatoms. The first kappa shape index (κ1) is 15.5. The maximum atomic E-state index is 5.76. The molecule has 0 aliphatic rings. The first-order chi connectivity index (χ1) is 10.2. The van der Waals surface area contributed by atoms with Crippen LogP contribution in [0, 0.1) is 0 Å². The molecule has 2 aromatic rings. The summed E-state index contributed by atoms with van der Waals surface area (Å²) in [7, 11) is 0. The highest BCUT2D eigenvalue weighted by molar-refractivity contribution is 5.32. The van der Waals surface area contributed by atoms with E-state index in [0.717, 1.165) is 25.3 Å². The number of hydrogen-bond donors (Lipinski definition) is 1. The number of ether oxygens (including phenoxy) is 1. The van der Waals surface area contributed by atoms with Crippen molar-refractivity contribution < 1.29 is 4.74 Å². The van der Waals surface area contributed by atoms with Crippen molar-refractivity contribution in [2.75, 3.05) is 6.54 Å². The average molecular weight is 284 g/mol. The predicted molar refractivity (Wildman–Crippen MR) is 86.8 cm³/mol. The van der Waals surface area contributed by atoms with Gasteiger partial charge in [0.2, 0.25) is 5.88 Å². The Morgan fingerprint density at radius 2 is 1.86 bits per heavy atom. The fourth-order valence-electron chi connectivity index (χ4n) is 2.03. The quantitative estimate of drug-likeness (QED) is 0.760. The number of aromatic nitrogens is 1. The zero-order valence-electron chi connectivity index (χ0n) is 13.1. The summed E-state index contributed by atoms with van der Waals surface area (Å²) in [6.45, 7) is 8.41. The van der Waals surface area contributed by atoms with Gasteiger partial charge in [0, 0.05) is 18.8 Å². The molecular weight excluding hydrogens is 260 g/mol. The maximum absolute atomic E-state index is 5.76. The van der Waals surface area contributed by atoms with E-state index >= 15 is 0 Å². The number of rotatable bonds is 7. The minimum absolute atomic E-state index is 0.534. The van der Waals surface area contributed by atoms with E-state index in [9.17, 15) is 0 Å². The van der Waals surface area contributed by atoms with Crippen LogP contribution in [0.3, 0.4) is 0 Å². The third-order valence-electron chi connectivity index (χ3n) is 3.32. The lowest BCUT2D eigenvalue weighted by Gasteiger charge is -2.08. The zero-order chi connectivity index (χ0) is 15.1. The summed E-state index contributed by atoms with van der Waals surface area (Å²) in [5, 5.41) is 3.36. The van der Waals surface area contributed by atoms with Crippen LogP contribution in [0.2, 0.25) is 0 Å². The van der Waals surface area contributed by atoms with Crippen LogP contribution in [0.4, 0.5) is 0 Å². The molecule has 3 nitrogen and oxygen atoms in total. The Hall–Kier alpha value is -1.87. The lowest BCUT2D eigenvalue weighted by Crippen LogP contribution is -2.13. The predicted octanol–water partition coefficient (Wildman–Crippen LogP) is 4.50. The highest BCUT2D eigenvalue weighted by Gasteiger charge is 2.02. The summed E-state index contributed by atoms with van der Waals surface area (Å²) < 4.78 is 5.76. The molecule has 21 heavy (non-hydrogen) atoms. The van der Waals surface area contributed by atoms with Gasteiger partial charge >= 0.3 is 0 Å². The van der Waals surface area contributed by atoms with E-state index in [1.165, 1.54) is 11.1 Å². The number of nitrogens with one attached hydrogen (secondary N) is 1. The van der Waals surface area contributed by atoms with Gasteiger partial charge in [0.25, 0.3) is 0 Å². The summed E-state index contributed by atoms with van der Waals surface area (Å²) >= 11 is 0. The molecule has 0 saturated heterocycles. The molecule has 0 unspecified atom stereocenters. The molecule has 0 spiro atoms. The summed E-state index contributed by atoms with van der Waals surface area (Å²) in [4.78, 5) is 4.35. The van der Waals surface area contributed by atoms with Gasteiger partial charge in [0.1, 0.15) is 5.75 Å². The topological polar surface area (TPSA) is 34.1 Å². The summed E-state index contributed by atoms with van der Waals surface area (Å²) in [5.74, 6) is 1.99. The second-order valence-corrected chi connectivity index (χ2v) is 5.51. The van der Waals surface area contributed by atoms with E-state index in [0.29, 0.717) is 11.8 Å². The Labute approximate surface area is 127 Å². The van der Waals surface area contributed by atoms with Gasteiger partial charge in [-0.25, -0.2) is 4.98 Å². The van der Waals surface area contributed by atoms with Gasteiger partial charge < -0.3 is 10.1 Å². The Morgan fingerprint density at radius 1 is 1.10 bits per heavy atom. The molecule has 0 fully saturated rings. The Kier molecular flexibility index (Phi) is 5.76. The molecule has 2 rings (SSSR count). The monoisotopic (exact) mass is 284 g/mol. The van der Waals surface area contributed by atoms with Crippen LogP contribution < -0.4 is 10.1 Å². The molecule has 0 saturated carbocycles. The van der Waals surface area contributed by atoms with Crippen molar-refractivity contribution >= 4 is 0 Å². The van der Waals surface area contributed by atoms with Crippen LogP contribution >= 0.6 is 0 Å². The molecule has 112 valence electrons. The second kappa shape index (κ2) is 7.79. The van der Waals surface area contributed by atoms with Crippen molar-refractivity contribution in [3.63, 3.8) is 0 Å². The third-order valence-corrected chi connectivity index (χ3v) is 3.32. The van der Waals surface area contributed by atoms with Gasteiger partial charge in [-0.05, 0) is 42.1 Å². The SMILES string of the molecule is CCCNCc1ccc(Oc2ccc(C(C)C)cc2)nc1. The van der Waals surface area contributed by atoms with Crippen molar-refractivity contribution in [3.8, 4) is 11.6 Å². The van der Waals surface area contributed by atoms with E-state index in [-0.39, 0.29) is 0 Å². The largest absolute Gasteiger partial charge is 0.439 e. The van der Waals surface area contributed by atoms with Gasteiger partial charge in [-0.2, -0.15) is 0 Å². The minimum atomic E-state index is 0.534. The van der Waals surface area contributed by atoms with Gasteiger partial charge in [0.05, 0.1) is 0 Å². The number of hydrogen-bond acceptors (Lipinski definition) is 3. The molecule has 1 heterocycles. The minimum Gasteiger partial charge on any atom is -0.439 e. The fourth-order valence-corrected chi connectivity index (χ4v) is 2.03. The molecule has 0 aliphatic carbocycles. The lowest BCUT2D eigenvalue weighted by atomic mass is 10.0. The van der Waals surface area contributed by atoms with Crippen molar-refractivity contribution in [2.45, 2.75) is 39.7 Å². The van der Waals surface area contributed by atoms with Crippen molar-refractivity contribution in [1.82, 2.24) is 10.3 Å². The van der Waals surface area contributed by atoms with Crippen LogP contribution in [0.1, 0.15) is 44.2 Å². The van der Waals surface area contributed by atoms with E-state index in [1.54, 1.807) is 0 Å². The molecule has 0 radical (unpaired) electrons. The van der Waals surface area contributed by atoms with Crippen LogP contribution in [-0.2, 0) is 6.54 Å². The molecule has 1 aromatic heterocycles. The van der Waals surface area contributed by atoms with Gasteiger partial charge in [-0.1, -0.05) is 39.0 Å². The molecule has 0 amide bonds. The first-order valence-electron chi connectivity index (χ1n) is 7.62. The molecule has 0 aliphatic heterocycles. The number of benzene rings is 1. The summed E-state index contributed by atoms with van der Waals surface area (Å²) in [5.41, 5.74) is 2.48. The maximum Gasteiger partial charge on any atom is 0.219 e. The Morgan fingerprint density at radius 3 is 2.43 bits per heavy atom. The summed E-state index contributed by atoms with van der Waals surface area (Å²) in [6, 6.07) is 12.2. The normalized spacial score (nSPS) is 10.9. The molecule has 0 bridgehead atoms. The van der Waals surface area contributed by atoms with Crippen molar-refractivity contribution in [1.29, 1.82) is 0 Å². The van der Waals surface area contributed by atoms with Crippen LogP contribution in [0.5, 0.6) is 11.6 Å². The fraction of sp³-hybridized carbons (Fsp3) is 0.389. The van der Waals surface area contributed by atoms with Crippen LogP contribution in [0.25, 0.3) is 0 Å².